The molecule has 2 saturated carbocycles. The van der Waals surface area contributed by atoms with E-state index < -0.39 is 58.9 Å². The molecular formula is C37H39Cl2F2N2O11S2-. The Morgan fingerprint density at radius 3 is 2.14 bits per heavy atom. The van der Waals surface area contributed by atoms with Crippen LogP contribution >= 0.6 is 35.0 Å². The largest absolute Gasteiger partial charge is 0.755 e. The van der Waals surface area contributed by atoms with Crippen LogP contribution in [0, 0.1) is 17.0 Å². The van der Waals surface area contributed by atoms with Crippen molar-refractivity contribution in [3.05, 3.63) is 80.7 Å². The average Bonchev–Trinajstić information content (AvgIpc) is 4.04. The molecule has 0 amide bonds. The lowest BCUT2D eigenvalue weighted by Crippen LogP contribution is -2.36. The summed E-state index contributed by atoms with van der Waals surface area (Å²) in [5.41, 5.74) is -0.219. The van der Waals surface area contributed by atoms with Crippen LogP contribution < -0.4 is 23.2 Å². The van der Waals surface area contributed by atoms with Crippen LogP contribution in [0.3, 0.4) is 0 Å². The summed E-state index contributed by atoms with van der Waals surface area (Å²) in [5.74, 6) is -1.80. The van der Waals surface area contributed by atoms with Crippen LogP contribution in [0.25, 0.3) is 0 Å². The lowest BCUT2D eigenvalue weighted by atomic mass is 10.0. The molecule has 5 rings (SSSR count). The first-order chi connectivity index (χ1) is 26.4. The first-order valence-corrected chi connectivity index (χ1v) is 20.2. The van der Waals surface area contributed by atoms with Crippen molar-refractivity contribution in [3.63, 3.8) is 0 Å². The maximum absolute atomic E-state index is 13.4. The molecule has 2 aliphatic rings. The molecule has 2 aromatic carbocycles. The Labute approximate surface area is 338 Å². The zero-order chi connectivity index (χ0) is 40.7. The van der Waals surface area contributed by atoms with Crippen LogP contribution in [-0.2, 0) is 36.8 Å². The van der Waals surface area contributed by atoms with E-state index in [0.29, 0.717) is 22.1 Å². The molecule has 1 aromatic heterocycles. The Morgan fingerprint density at radius 1 is 0.946 bits per heavy atom. The van der Waals surface area contributed by atoms with Crippen molar-refractivity contribution in [3.8, 4) is 17.2 Å². The molecule has 19 heteroatoms. The van der Waals surface area contributed by atoms with E-state index >= 15 is 0 Å². The molecule has 0 bridgehead atoms. The quantitative estimate of drug-likeness (QED) is 0.0518. The molecule has 2 fully saturated rings. The third-order valence-electron chi connectivity index (χ3n) is 8.28. The fraction of sp³-hybridized carbons (Fsp3) is 0.459. The number of hydrogen-bond donors (Lipinski definition) is 0. The smallest absolute Gasteiger partial charge is 0.387 e. The Bertz CT molecular complexity index is 1920. The minimum absolute atomic E-state index is 0.00316. The SMILES string of the molecule is CC(C)(C)OC(=O)CN(c1ccc(C(=O)SCC(=O)OC(Cc2c(Cl)c[n+]([O-])cc2Cl)c2ccc(OC(F)F)c(OCC3CC3)c2)cc1OCC1CC1)S(=O)[O-]. The summed E-state index contributed by atoms with van der Waals surface area (Å²) >= 11 is 10.4. The van der Waals surface area contributed by atoms with Gasteiger partial charge in [-0.25, -0.2) is 0 Å². The lowest BCUT2D eigenvalue weighted by Gasteiger charge is -2.29. The summed E-state index contributed by atoms with van der Waals surface area (Å²) in [7, 11) is 0. The highest BCUT2D eigenvalue weighted by Gasteiger charge is 2.29. The van der Waals surface area contributed by atoms with Crippen molar-refractivity contribution < 1.29 is 60.3 Å². The number of thioether (sulfide) groups is 1. The summed E-state index contributed by atoms with van der Waals surface area (Å²) in [6.45, 7) is 1.68. The van der Waals surface area contributed by atoms with Gasteiger partial charge in [-0.15, -0.1) is 0 Å². The predicted octanol–water partition coefficient (Wildman–Crippen LogP) is 7.15. The molecule has 0 aliphatic heterocycles. The van der Waals surface area contributed by atoms with Gasteiger partial charge in [0.05, 0.1) is 24.7 Å². The van der Waals surface area contributed by atoms with Crippen LogP contribution in [0.15, 0.2) is 48.8 Å². The van der Waals surface area contributed by atoms with E-state index in [4.69, 9.17) is 42.1 Å². The molecule has 0 saturated heterocycles. The summed E-state index contributed by atoms with van der Waals surface area (Å²) in [4.78, 5) is 39.3. The summed E-state index contributed by atoms with van der Waals surface area (Å²) in [6.07, 6.45) is 4.54. The first kappa shape index (κ1) is 43.2. The summed E-state index contributed by atoms with van der Waals surface area (Å²) < 4.78 is 79.6. The fourth-order valence-corrected chi connectivity index (χ4v) is 6.96. The van der Waals surface area contributed by atoms with Crippen molar-refractivity contribution in [1.29, 1.82) is 0 Å². The number of anilines is 1. The number of pyridine rings is 1. The second-order valence-electron chi connectivity index (χ2n) is 14.2. The molecule has 0 N–H and O–H groups in total. The fourth-order valence-electron chi connectivity index (χ4n) is 5.23. The van der Waals surface area contributed by atoms with Gasteiger partial charge < -0.3 is 33.4 Å². The van der Waals surface area contributed by atoms with E-state index in [1.807, 2.05) is 0 Å². The number of aromatic nitrogens is 1. The van der Waals surface area contributed by atoms with Gasteiger partial charge in [-0.2, -0.15) is 13.5 Å². The van der Waals surface area contributed by atoms with Crippen LogP contribution in [0.5, 0.6) is 17.2 Å². The first-order valence-electron chi connectivity index (χ1n) is 17.5. The Balaban J connectivity index is 1.34. The molecule has 304 valence electrons. The van der Waals surface area contributed by atoms with Gasteiger partial charge in [-0.1, -0.05) is 41.0 Å². The number of carbonyl (C=O) groups is 3. The molecule has 56 heavy (non-hydrogen) atoms. The van der Waals surface area contributed by atoms with E-state index in [9.17, 15) is 37.1 Å². The number of benzene rings is 2. The van der Waals surface area contributed by atoms with E-state index in [1.54, 1.807) is 20.8 Å². The molecule has 13 nitrogen and oxygen atoms in total. The van der Waals surface area contributed by atoms with Crippen molar-refractivity contribution in [2.45, 2.75) is 71.2 Å². The molecule has 3 aromatic rings. The van der Waals surface area contributed by atoms with Crippen LogP contribution in [-0.4, -0.2) is 63.5 Å². The van der Waals surface area contributed by atoms with Crippen molar-refractivity contribution in [2.24, 2.45) is 11.8 Å². The van der Waals surface area contributed by atoms with E-state index in [2.05, 4.69) is 4.74 Å². The highest BCUT2D eigenvalue weighted by atomic mass is 35.5. The third-order valence-corrected chi connectivity index (χ3v) is 10.5. The van der Waals surface area contributed by atoms with Crippen LogP contribution in [0.2, 0.25) is 10.0 Å². The molecule has 0 spiro atoms. The Hall–Kier alpha value is -3.90. The van der Waals surface area contributed by atoms with Gasteiger partial charge in [-0.3, -0.25) is 22.9 Å². The number of hydrogen-bond acceptors (Lipinski definition) is 12. The van der Waals surface area contributed by atoms with Gasteiger partial charge in [0.15, 0.2) is 23.9 Å². The van der Waals surface area contributed by atoms with Gasteiger partial charge in [0.2, 0.25) is 5.12 Å². The standard InChI is InChI=1S/C37H40Cl2F2N2O11S2/c1-37(2,3)54-33(44)17-43(56(48)49)28-10-8-24(13-31(28)50-18-21-4-5-21)35(46)55-20-34(45)52-30(14-25-26(38)15-42(47)16-27(25)39)23-9-11-29(53-36(40)41)32(12-23)51-19-22-6-7-22/h8-13,15-16,21-22,30,36H,4-7,14,17-20H2,1-3H3,(H,48,49)/p-1. The molecular weight excluding hydrogens is 821 g/mol. The number of alkyl halides is 2. The Kier molecular flexibility index (Phi) is 14.7. The van der Waals surface area contributed by atoms with Crippen molar-refractivity contribution >= 4 is 69.0 Å². The molecule has 2 atom stereocenters. The summed E-state index contributed by atoms with van der Waals surface area (Å²) in [5, 5.41) is 11.3. The average molecular weight is 861 g/mol. The zero-order valence-electron chi connectivity index (χ0n) is 30.5. The highest BCUT2D eigenvalue weighted by Crippen LogP contribution is 2.39. The normalized spacial score (nSPS) is 15.2. The van der Waals surface area contributed by atoms with Crippen LogP contribution in [0.4, 0.5) is 14.5 Å². The lowest BCUT2D eigenvalue weighted by molar-refractivity contribution is -0.605. The van der Waals surface area contributed by atoms with E-state index in [-0.39, 0.29) is 75.6 Å². The number of rotatable bonds is 19. The van der Waals surface area contributed by atoms with Crippen molar-refractivity contribution in [1.82, 2.24) is 0 Å². The number of ether oxygens (including phenoxy) is 5. The van der Waals surface area contributed by atoms with Gasteiger partial charge in [0, 0.05) is 28.8 Å². The van der Waals surface area contributed by atoms with E-state index in [0.717, 1.165) is 42.4 Å². The number of esters is 2. The zero-order valence-corrected chi connectivity index (χ0v) is 33.7. The minimum Gasteiger partial charge on any atom is -0.755 e. The predicted molar refractivity (Wildman–Crippen MR) is 203 cm³/mol. The van der Waals surface area contributed by atoms with Gasteiger partial charge in [0.1, 0.15) is 34.0 Å². The second-order valence-corrected chi connectivity index (χ2v) is 16.8. The maximum atomic E-state index is 13.4. The van der Waals surface area contributed by atoms with Gasteiger partial charge in [0.25, 0.3) is 0 Å². The third kappa shape index (κ3) is 13.1. The highest BCUT2D eigenvalue weighted by molar-refractivity contribution is 8.14. The molecule has 2 aliphatic carbocycles. The van der Waals surface area contributed by atoms with Gasteiger partial charge >= 0.3 is 18.6 Å². The summed E-state index contributed by atoms with van der Waals surface area (Å²) in [6, 6.07) is 8.07. The topological polar surface area (TPSA) is 168 Å². The second kappa shape index (κ2) is 19.0. The van der Waals surface area contributed by atoms with Crippen molar-refractivity contribution in [2.75, 3.05) is 29.8 Å². The molecule has 1 heterocycles. The van der Waals surface area contributed by atoms with Crippen LogP contribution in [0.1, 0.15) is 74.0 Å². The molecule has 2 unspecified atom stereocenters. The van der Waals surface area contributed by atoms with E-state index in [1.165, 1.54) is 36.4 Å². The maximum Gasteiger partial charge on any atom is 0.387 e. The number of halogens is 4. The monoisotopic (exact) mass is 859 g/mol. The molecule has 0 radical (unpaired) electrons. The Morgan fingerprint density at radius 2 is 1.57 bits per heavy atom. The number of nitrogens with zero attached hydrogens (tertiary/aromatic N) is 2. The van der Waals surface area contributed by atoms with Gasteiger partial charge in [-0.05, 0) is 94.2 Å². The minimum atomic E-state index is -3.13. The number of carbonyl (C=O) groups excluding carboxylic acids is 3.